The Balaban J connectivity index is 1.59. The van der Waals surface area contributed by atoms with Crippen LogP contribution in [0.4, 0.5) is 0 Å². The molecule has 4 aliphatic carbocycles. The summed E-state index contributed by atoms with van der Waals surface area (Å²) in [4.78, 5) is 0. The van der Waals surface area contributed by atoms with Gasteiger partial charge in [-0.15, -0.1) is 0 Å². The number of aliphatic hydroxyl groups excluding tert-OH is 1. The van der Waals surface area contributed by atoms with Crippen molar-refractivity contribution in [2.24, 2.45) is 46.3 Å². The molecule has 4 fully saturated rings. The van der Waals surface area contributed by atoms with E-state index in [0.29, 0.717) is 16.7 Å². The Morgan fingerprint density at radius 3 is 2.40 bits per heavy atom. The lowest BCUT2D eigenvalue weighted by molar-refractivity contribution is -0.167. The van der Waals surface area contributed by atoms with Crippen molar-refractivity contribution < 1.29 is 5.11 Å². The highest BCUT2D eigenvalue weighted by molar-refractivity contribution is 5.11. The summed E-state index contributed by atoms with van der Waals surface area (Å²) < 4.78 is 0. The molecule has 0 aliphatic heterocycles. The zero-order valence-electron chi connectivity index (χ0n) is 17.3. The van der Waals surface area contributed by atoms with Crippen molar-refractivity contribution in [1.82, 2.24) is 0 Å². The van der Waals surface area contributed by atoms with Crippen LogP contribution in [0.15, 0.2) is 0 Å². The molecular weight excluding hydrogens is 304 g/mol. The average Bonchev–Trinajstić information content (AvgIpc) is 2.91. The molecule has 0 heterocycles. The minimum Gasteiger partial charge on any atom is -0.393 e. The fraction of sp³-hybridized carbons (Fsp3) is 1.00. The van der Waals surface area contributed by atoms with Crippen LogP contribution in [0.5, 0.6) is 0 Å². The summed E-state index contributed by atoms with van der Waals surface area (Å²) in [6.45, 7) is 10.0. The topological polar surface area (TPSA) is 20.2 Å². The van der Waals surface area contributed by atoms with Gasteiger partial charge < -0.3 is 5.11 Å². The predicted octanol–water partition coefficient (Wildman–Crippen LogP) is 6.44. The maximum absolute atomic E-state index is 11.3. The SMILES string of the molecule is CCCCC1CCC2C3C(O)CC4C[C@H](C)CCC4(C)C3CCC12C. The van der Waals surface area contributed by atoms with Crippen LogP contribution in [0.1, 0.15) is 98.3 Å². The van der Waals surface area contributed by atoms with Gasteiger partial charge in [-0.2, -0.15) is 0 Å². The van der Waals surface area contributed by atoms with Crippen molar-refractivity contribution in [3.8, 4) is 0 Å². The zero-order valence-corrected chi connectivity index (χ0v) is 17.3. The second kappa shape index (κ2) is 6.54. The van der Waals surface area contributed by atoms with Gasteiger partial charge in [-0.3, -0.25) is 0 Å². The van der Waals surface area contributed by atoms with Crippen molar-refractivity contribution in [3.63, 3.8) is 0 Å². The monoisotopic (exact) mass is 346 g/mol. The molecule has 1 heteroatoms. The first-order chi connectivity index (χ1) is 11.9. The number of hydrogen-bond acceptors (Lipinski definition) is 1. The Bertz CT molecular complexity index is 486. The highest BCUT2D eigenvalue weighted by Gasteiger charge is 2.62. The molecule has 0 spiro atoms. The molecule has 1 nitrogen and oxygen atoms in total. The van der Waals surface area contributed by atoms with E-state index < -0.39 is 0 Å². The zero-order chi connectivity index (χ0) is 17.8. The molecule has 0 saturated heterocycles. The number of unbranched alkanes of at least 4 members (excludes halogenated alkanes) is 1. The fourth-order valence-electron chi connectivity index (χ4n) is 8.47. The van der Waals surface area contributed by atoms with Gasteiger partial charge in [0.25, 0.3) is 0 Å². The van der Waals surface area contributed by atoms with Gasteiger partial charge in [0.2, 0.25) is 0 Å². The lowest BCUT2D eigenvalue weighted by Crippen LogP contribution is -2.58. The molecule has 0 radical (unpaired) electrons. The molecule has 25 heavy (non-hydrogen) atoms. The lowest BCUT2D eigenvalue weighted by atomic mass is 9.43. The van der Waals surface area contributed by atoms with E-state index >= 15 is 0 Å². The van der Waals surface area contributed by atoms with Crippen molar-refractivity contribution in [2.75, 3.05) is 0 Å². The Morgan fingerprint density at radius 1 is 0.920 bits per heavy atom. The van der Waals surface area contributed by atoms with E-state index in [2.05, 4.69) is 27.7 Å². The van der Waals surface area contributed by atoms with Crippen LogP contribution in [0.25, 0.3) is 0 Å². The lowest BCUT2D eigenvalue weighted by Gasteiger charge is -2.62. The molecule has 4 saturated carbocycles. The van der Waals surface area contributed by atoms with Gasteiger partial charge in [-0.1, -0.05) is 47.0 Å². The van der Waals surface area contributed by atoms with E-state index in [9.17, 15) is 5.11 Å². The van der Waals surface area contributed by atoms with Crippen molar-refractivity contribution in [3.05, 3.63) is 0 Å². The fourth-order valence-corrected chi connectivity index (χ4v) is 8.47. The van der Waals surface area contributed by atoms with Crippen LogP contribution in [0.3, 0.4) is 0 Å². The molecule has 4 rings (SSSR count). The Labute approximate surface area is 156 Å². The normalized spacial score (nSPS) is 55.3. The Kier molecular flexibility index (Phi) is 4.79. The standard InChI is InChI=1S/C24H42O/c1-5-6-7-17-8-9-19-22-20(11-13-23(17,19)3)24(4)12-10-16(2)14-18(24)15-21(22)25/h16-22,25H,5-15H2,1-4H3/t16-,17?,18?,19?,20?,21?,22?,23?,24?/m1/s1. The third kappa shape index (κ3) is 2.74. The maximum atomic E-state index is 11.3. The number of fused-ring (bicyclic) bond motifs is 5. The van der Waals surface area contributed by atoms with Crippen molar-refractivity contribution in [2.45, 2.75) is 104 Å². The van der Waals surface area contributed by atoms with Gasteiger partial charge in [-0.05, 0) is 97.7 Å². The van der Waals surface area contributed by atoms with Gasteiger partial charge >= 0.3 is 0 Å². The molecule has 0 bridgehead atoms. The molecule has 4 aliphatic rings. The van der Waals surface area contributed by atoms with Crippen LogP contribution >= 0.6 is 0 Å². The minimum absolute atomic E-state index is 0.0112. The van der Waals surface area contributed by atoms with Crippen LogP contribution < -0.4 is 0 Å². The minimum atomic E-state index is -0.0112. The third-order valence-electron chi connectivity index (χ3n) is 10.0. The van der Waals surface area contributed by atoms with Gasteiger partial charge in [-0.25, -0.2) is 0 Å². The van der Waals surface area contributed by atoms with Crippen molar-refractivity contribution >= 4 is 0 Å². The molecule has 0 aromatic heterocycles. The quantitative estimate of drug-likeness (QED) is 0.623. The Morgan fingerprint density at radius 2 is 1.64 bits per heavy atom. The number of aliphatic hydroxyl groups is 1. The third-order valence-corrected chi connectivity index (χ3v) is 10.0. The van der Waals surface area contributed by atoms with Crippen LogP contribution in [0.2, 0.25) is 0 Å². The average molecular weight is 347 g/mol. The Hall–Kier alpha value is -0.0400. The number of hydrogen-bond donors (Lipinski definition) is 1. The summed E-state index contributed by atoms with van der Waals surface area (Å²) in [5.74, 6) is 4.81. The summed E-state index contributed by atoms with van der Waals surface area (Å²) in [5, 5.41) is 11.3. The summed E-state index contributed by atoms with van der Waals surface area (Å²) in [6, 6.07) is 0. The predicted molar refractivity (Wildman–Crippen MR) is 105 cm³/mol. The van der Waals surface area contributed by atoms with E-state index in [4.69, 9.17) is 0 Å². The van der Waals surface area contributed by atoms with Crippen LogP contribution in [-0.2, 0) is 0 Å². The maximum Gasteiger partial charge on any atom is 0.0577 e. The highest BCUT2D eigenvalue weighted by Crippen LogP contribution is 2.68. The van der Waals surface area contributed by atoms with Crippen molar-refractivity contribution in [1.29, 1.82) is 0 Å². The highest BCUT2D eigenvalue weighted by atomic mass is 16.3. The van der Waals surface area contributed by atoms with Gasteiger partial charge in [0.1, 0.15) is 0 Å². The molecule has 9 atom stereocenters. The van der Waals surface area contributed by atoms with E-state index in [0.717, 1.165) is 36.0 Å². The molecule has 144 valence electrons. The summed E-state index contributed by atoms with van der Waals surface area (Å²) >= 11 is 0. The summed E-state index contributed by atoms with van der Waals surface area (Å²) in [7, 11) is 0. The van der Waals surface area contributed by atoms with E-state index in [1.54, 1.807) is 0 Å². The van der Waals surface area contributed by atoms with E-state index in [-0.39, 0.29) is 6.10 Å². The second-order valence-electron chi connectivity index (χ2n) is 11.1. The molecule has 0 amide bonds. The first kappa shape index (κ1) is 18.3. The second-order valence-corrected chi connectivity index (χ2v) is 11.1. The molecule has 0 aromatic rings. The molecule has 1 N–H and O–H groups in total. The van der Waals surface area contributed by atoms with Gasteiger partial charge in [0, 0.05) is 0 Å². The first-order valence-corrected chi connectivity index (χ1v) is 11.6. The first-order valence-electron chi connectivity index (χ1n) is 11.6. The molecule has 8 unspecified atom stereocenters. The van der Waals surface area contributed by atoms with Gasteiger partial charge in [0.05, 0.1) is 6.10 Å². The largest absolute Gasteiger partial charge is 0.393 e. The van der Waals surface area contributed by atoms with E-state index in [1.165, 1.54) is 64.2 Å². The van der Waals surface area contributed by atoms with Gasteiger partial charge in [0.15, 0.2) is 0 Å². The van der Waals surface area contributed by atoms with E-state index in [1.807, 2.05) is 0 Å². The smallest absolute Gasteiger partial charge is 0.0577 e. The van der Waals surface area contributed by atoms with Crippen LogP contribution in [-0.4, -0.2) is 11.2 Å². The molecule has 0 aromatic carbocycles. The summed E-state index contributed by atoms with van der Waals surface area (Å²) in [6.07, 6.45) is 15.2. The molecular formula is C24H42O. The summed E-state index contributed by atoms with van der Waals surface area (Å²) in [5.41, 5.74) is 1.06. The number of rotatable bonds is 3. The van der Waals surface area contributed by atoms with Crippen LogP contribution in [0, 0.1) is 46.3 Å².